The number of rotatable bonds is 6. The number of aromatic nitrogens is 2. The van der Waals surface area contributed by atoms with Gasteiger partial charge in [-0.3, -0.25) is 4.79 Å². The molecule has 1 amide bonds. The Morgan fingerprint density at radius 3 is 2.48 bits per heavy atom. The van der Waals surface area contributed by atoms with Crippen molar-refractivity contribution >= 4 is 23.5 Å². The van der Waals surface area contributed by atoms with Gasteiger partial charge in [0.2, 0.25) is 11.9 Å². The molecule has 3 aromatic rings. The zero-order valence-electron chi connectivity index (χ0n) is 17.1. The van der Waals surface area contributed by atoms with Crippen LogP contribution in [0.1, 0.15) is 18.4 Å². The van der Waals surface area contributed by atoms with E-state index in [1.54, 1.807) is 24.5 Å². The number of nitrogens with one attached hydrogen (secondary N) is 1. The molecule has 160 valence electrons. The first kappa shape index (κ1) is 21.2. The van der Waals surface area contributed by atoms with Crippen LogP contribution < -0.4 is 10.2 Å². The van der Waals surface area contributed by atoms with E-state index in [4.69, 9.17) is 11.6 Å². The second kappa shape index (κ2) is 9.88. The number of carbonyl (C=O) groups is 1. The van der Waals surface area contributed by atoms with E-state index in [1.807, 2.05) is 24.3 Å². The molecule has 0 unspecified atom stereocenters. The maximum Gasteiger partial charge on any atom is 0.225 e. The zero-order valence-corrected chi connectivity index (χ0v) is 17.9. The summed E-state index contributed by atoms with van der Waals surface area (Å²) in [7, 11) is 0. The van der Waals surface area contributed by atoms with E-state index >= 15 is 0 Å². The van der Waals surface area contributed by atoms with Crippen molar-refractivity contribution in [3.63, 3.8) is 0 Å². The van der Waals surface area contributed by atoms with Crippen LogP contribution in [-0.4, -0.2) is 35.5 Å². The van der Waals surface area contributed by atoms with E-state index in [1.165, 1.54) is 12.1 Å². The van der Waals surface area contributed by atoms with Gasteiger partial charge >= 0.3 is 0 Å². The number of benzene rings is 2. The minimum absolute atomic E-state index is 0.0709. The smallest absolute Gasteiger partial charge is 0.225 e. The van der Waals surface area contributed by atoms with Gasteiger partial charge in [0.1, 0.15) is 5.82 Å². The monoisotopic (exact) mass is 438 g/mol. The molecule has 0 saturated carbocycles. The van der Waals surface area contributed by atoms with Gasteiger partial charge in [-0.05, 0) is 54.7 Å². The van der Waals surface area contributed by atoms with Crippen LogP contribution in [0.4, 0.5) is 10.3 Å². The Morgan fingerprint density at radius 2 is 1.77 bits per heavy atom. The Kier molecular flexibility index (Phi) is 6.77. The highest BCUT2D eigenvalue weighted by atomic mass is 35.5. The summed E-state index contributed by atoms with van der Waals surface area (Å²) in [5.41, 5.74) is 2.84. The van der Waals surface area contributed by atoms with Gasteiger partial charge in [0, 0.05) is 42.6 Å². The van der Waals surface area contributed by atoms with Gasteiger partial charge in [0.05, 0.1) is 5.92 Å². The summed E-state index contributed by atoms with van der Waals surface area (Å²) in [5.74, 6) is 0.331. The molecule has 1 aromatic heterocycles. The molecular weight excluding hydrogens is 415 g/mol. The summed E-state index contributed by atoms with van der Waals surface area (Å²) < 4.78 is 13.1. The highest BCUT2D eigenvalue weighted by Crippen LogP contribution is 2.23. The number of carbonyl (C=O) groups excluding carboxylic acids is 1. The second-order valence-electron chi connectivity index (χ2n) is 7.73. The lowest BCUT2D eigenvalue weighted by Gasteiger charge is -2.32. The van der Waals surface area contributed by atoms with Crippen molar-refractivity contribution in [2.24, 2.45) is 5.92 Å². The Labute approximate surface area is 186 Å². The maximum absolute atomic E-state index is 13.1. The number of hydrogen-bond acceptors (Lipinski definition) is 4. The third-order valence-corrected chi connectivity index (χ3v) is 5.77. The molecule has 5 nitrogen and oxygen atoms in total. The molecule has 31 heavy (non-hydrogen) atoms. The quantitative estimate of drug-likeness (QED) is 0.615. The Hall–Kier alpha value is -2.99. The summed E-state index contributed by atoms with van der Waals surface area (Å²) in [6.45, 7) is 2.02. The average Bonchev–Trinajstić information content (AvgIpc) is 2.81. The number of amides is 1. The molecule has 0 radical (unpaired) electrons. The van der Waals surface area contributed by atoms with Crippen LogP contribution in [0, 0.1) is 11.7 Å². The molecule has 0 aliphatic carbocycles. The first-order chi connectivity index (χ1) is 15.1. The lowest BCUT2D eigenvalue weighted by atomic mass is 9.97. The number of piperidine rings is 1. The molecule has 0 bridgehead atoms. The van der Waals surface area contributed by atoms with Crippen molar-refractivity contribution in [3.8, 4) is 11.1 Å². The fraction of sp³-hybridized carbons (Fsp3) is 0.292. The van der Waals surface area contributed by atoms with Gasteiger partial charge in [-0.2, -0.15) is 0 Å². The summed E-state index contributed by atoms with van der Waals surface area (Å²) in [4.78, 5) is 23.7. The zero-order chi connectivity index (χ0) is 21.6. The third kappa shape index (κ3) is 5.58. The fourth-order valence-electron chi connectivity index (χ4n) is 3.77. The van der Waals surface area contributed by atoms with Crippen molar-refractivity contribution in [3.05, 3.63) is 77.3 Å². The van der Waals surface area contributed by atoms with Gasteiger partial charge in [-0.1, -0.05) is 35.9 Å². The van der Waals surface area contributed by atoms with Crippen LogP contribution >= 0.6 is 11.6 Å². The van der Waals surface area contributed by atoms with Crippen molar-refractivity contribution in [1.82, 2.24) is 15.3 Å². The molecule has 2 heterocycles. The average molecular weight is 439 g/mol. The van der Waals surface area contributed by atoms with E-state index in [0.29, 0.717) is 24.1 Å². The van der Waals surface area contributed by atoms with Crippen molar-refractivity contribution in [2.45, 2.75) is 19.3 Å². The molecule has 4 rings (SSSR count). The molecule has 1 atom stereocenters. The molecule has 7 heteroatoms. The minimum atomic E-state index is -0.271. The van der Waals surface area contributed by atoms with Crippen LogP contribution in [0.3, 0.4) is 0 Å². The van der Waals surface area contributed by atoms with Gasteiger partial charge in [-0.15, -0.1) is 0 Å². The van der Waals surface area contributed by atoms with E-state index in [0.717, 1.165) is 42.5 Å². The summed E-state index contributed by atoms with van der Waals surface area (Å²) >= 11 is 5.91. The van der Waals surface area contributed by atoms with Crippen LogP contribution in [-0.2, 0) is 11.2 Å². The van der Waals surface area contributed by atoms with E-state index in [2.05, 4.69) is 20.2 Å². The summed E-state index contributed by atoms with van der Waals surface area (Å²) in [6, 6.07) is 13.9. The number of hydrogen-bond donors (Lipinski definition) is 1. The van der Waals surface area contributed by atoms with Crippen LogP contribution in [0.5, 0.6) is 0 Å². The van der Waals surface area contributed by atoms with Gasteiger partial charge in [-0.25, -0.2) is 14.4 Å². The molecule has 1 saturated heterocycles. The van der Waals surface area contributed by atoms with Crippen molar-refractivity contribution in [1.29, 1.82) is 0 Å². The summed E-state index contributed by atoms with van der Waals surface area (Å²) in [6.07, 6.45) is 6.03. The van der Waals surface area contributed by atoms with Crippen molar-refractivity contribution in [2.75, 3.05) is 24.5 Å². The van der Waals surface area contributed by atoms with Gasteiger partial charge < -0.3 is 10.2 Å². The molecule has 1 aliphatic rings. The topological polar surface area (TPSA) is 58.1 Å². The molecule has 1 aliphatic heterocycles. The molecule has 1 N–H and O–H groups in total. The largest absolute Gasteiger partial charge is 0.355 e. The van der Waals surface area contributed by atoms with Gasteiger partial charge in [0.15, 0.2) is 0 Å². The predicted molar refractivity (Wildman–Crippen MR) is 121 cm³/mol. The van der Waals surface area contributed by atoms with Crippen LogP contribution in [0.25, 0.3) is 11.1 Å². The summed E-state index contributed by atoms with van der Waals surface area (Å²) in [5, 5.41) is 3.76. The first-order valence-electron chi connectivity index (χ1n) is 10.4. The van der Waals surface area contributed by atoms with Gasteiger partial charge in [0.25, 0.3) is 0 Å². The van der Waals surface area contributed by atoms with Crippen molar-refractivity contribution < 1.29 is 9.18 Å². The van der Waals surface area contributed by atoms with E-state index < -0.39 is 0 Å². The highest BCUT2D eigenvalue weighted by molar-refractivity contribution is 6.30. The van der Waals surface area contributed by atoms with E-state index in [-0.39, 0.29) is 17.6 Å². The lowest BCUT2D eigenvalue weighted by molar-refractivity contribution is -0.125. The maximum atomic E-state index is 13.1. The van der Waals surface area contributed by atoms with E-state index in [9.17, 15) is 9.18 Å². The second-order valence-corrected chi connectivity index (χ2v) is 8.17. The molecule has 1 fully saturated rings. The lowest BCUT2D eigenvalue weighted by Crippen LogP contribution is -2.44. The predicted octanol–water partition coefficient (Wildman–Crippen LogP) is 4.51. The first-order valence-corrected chi connectivity index (χ1v) is 10.8. The fourth-order valence-corrected chi connectivity index (χ4v) is 3.90. The van der Waals surface area contributed by atoms with Crippen LogP contribution in [0.2, 0.25) is 5.02 Å². The third-order valence-electron chi connectivity index (χ3n) is 5.52. The normalized spacial score (nSPS) is 16.2. The Morgan fingerprint density at radius 1 is 1.06 bits per heavy atom. The molecule has 2 aromatic carbocycles. The molecule has 0 spiro atoms. The number of anilines is 1. The Bertz CT molecular complexity index is 1010. The number of halogens is 2. The Balaban J connectivity index is 1.31. The number of nitrogens with zero attached hydrogens (tertiary/aromatic N) is 3. The highest BCUT2D eigenvalue weighted by Gasteiger charge is 2.26. The molecular formula is C24H24ClFN4O. The van der Waals surface area contributed by atoms with Crippen LogP contribution in [0.15, 0.2) is 60.9 Å². The minimum Gasteiger partial charge on any atom is -0.355 e. The standard InChI is InChI=1S/C24H24ClFN4O/c25-21-7-3-17(4-8-21)11-12-27-23(31)19-2-1-13-30(16-19)24-28-14-20(15-29-24)18-5-9-22(26)10-6-18/h3-10,14-15,19H,1-2,11-13,16H2,(H,27,31)/t19-/m1/s1. The SMILES string of the molecule is O=C(NCCc1ccc(Cl)cc1)[C@@H]1CCCN(c2ncc(-c3ccc(F)cc3)cn2)C1.